The molecule has 0 spiro atoms. The van der Waals surface area contributed by atoms with E-state index in [1.165, 1.54) is 0 Å². The van der Waals surface area contributed by atoms with Crippen LogP contribution in [0, 0.1) is 0 Å². The molecule has 1 aliphatic rings. The van der Waals surface area contributed by atoms with Crippen LogP contribution in [0.1, 0.15) is 12.5 Å². The van der Waals surface area contributed by atoms with Gasteiger partial charge in [-0.25, -0.2) is 0 Å². The van der Waals surface area contributed by atoms with E-state index >= 15 is 0 Å². The van der Waals surface area contributed by atoms with Crippen molar-refractivity contribution in [3.05, 3.63) is 48.0 Å². The molecule has 1 amide bonds. The predicted molar refractivity (Wildman–Crippen MR) is 94.2 cm³/mol. The summed E-state index contributed by atoms with van der Waals surface area (Å²) in [6.07, 6.45) is 0. The number of methoxy groups -OCH3 is 1. The average Bonchev–Trinajstić information content (AvgIpc) is 3.08. The maximum atomic E-state index is 12.5. The van der Waals surface area contributed by atoms with Gasteiger partial charge in [-0.2, -0.15) is 0 Å². The first-order valence-electron chi connectivity index (χ1n) is 8.22. The van der Waals surface area contributed by atoms with Crippen LogP contribution in [0.4, 0.5) is 5.69 Å². The number of nitrogens with one attached hydrogen (secondary N) is 2. The third-order valence-electron chi connectivity index (χ3n) is 4.39. The predicted octanol–water partition coefficient (Wildman–Crippen LogP) is 1.47. The molecule has 0 saturated carbocycles. The number of ether oxygens (including phenoxy) is 3. The second kappa shape index (κ2) is 7.44. The van der Waals surface area contributed by atoms with E-state index in [2.05, 4.69) is 5.32 Å². The van der Waals surface area contributed by atoms with Crippen molar-refractivity contribution in [3.8, 4) is 17.2 Å². The standard InChI is InChI=1S/C19H22N2O4/c1-13(21(2)11-14-5-4-6-16(9-14)23-3)19(22)20-15-7-8-17-18(10-15)25-12-24-17/h4-10,13H,11-12H2,1-3H3,(H,20,22)/p+1/t13-/m1/s1. The number of quaternary nitrogens is 1. The molecule has 1 aliphatic heterocycles. The molecule has 0 aliphatic carbocycles. The highest BCUT2D eigenvalue weighted by Gasteiger charge is 2.23. The highest BCUT2D eigenvalue weighted by Crippen LogP contribution is 2.34. The largest absolute Gasteiger partial charge is 0.497 e. The number of carbonyl (C=O) groups excluding carboxylic acids is 1. The SMILES string of the molecule is COc1cccc(C[NH+](C)[C@H](C)C(=O)Nc2ccc3c(c2)OCO3)c1. The zero-order chi connectivity index (χ0) is 17.8. The molecule has 2 aromatic rings. The van der Waals surface area contributed by atoms with Crippen LogP contribution in [0.5, 0.6) is 17.2 Å². The van der Waals surface area contributed by atoms with Gasteiger partial charge in [-0.15, -0.1) is 0 Å². The van der Waals surface area contributed by atoms with E-state index in [9.17, 15) is 4.79 Å². The van der Waals surface area contributed by atoms with E-state index in [0.717, 1.165) is 22.8 Å². The first kappa shape index (κ1) is 17.1. The molecule has 6 nitrogen and oxygen atoms in total. The van der Waals surface area contributed by atoms with Crippen LogP contribution in [-0.4, -0.2) is 32.9 Å². The fourth-order valence-electron chi connectivity index (χ4n) is 2.71. The number of anilines is 1. The van der Waals surface area contributed by atoms with Gasteiger partial charge in [-0.05, 0) is 31.2 Å². The van der Waals surface area contributed by atoms with Crippen molar-refractivity contribution in [2.45, 2.75) is 19.5 Å². The average molecular weight is 343 g/mol. The maximum absolute atomic E-state index is 12.5. The van der Waals surface area contributed by atoms with Crippen LogP contribution in [0.2, 0.25) is 0 Å². The number of amides is 1. The molecule has 6 heteroatoms. The van der Waals surface area contributed by atoms with Crippen molar-refractivity contribution in [2.75, 3.05) is 26.3 Å². The number of fused-ring (bicyclic) bond motifs is 1. The number of carbonyl (C=O) groups is 1. The highest BCUT2D eigenvalue weighted by atomic mass is 16.7. The first-order chi connectivity index (χ1) is 12.1. The first-order valence-corrected chi connectivity index (χ1v) is 8.22. The van der Waals surface area contributed by atoms with E-state index in [0.29, 0.717) is 17.2 Å². The molecule has 0 radical (unpaired) electrons. The van der Waals surface area contributed by atoms with Crippen LogP contribution in [-0.2, 0) is 11.3 Å². The second-order valence-electron chi connectivity index (χ2n) is 6.15. The molecule has 0 bridgehead atoms. The molecular formula is C19H23N2O4+. The van der Waals surface area contributed by atoms with Gasteiger partial charge in [0.2, 0.25) is 6.79 Å². The zero-order valence-corrected chi connectivity index (χ0v) is 14.7. The lowest BCUT2D eigenvalue weighted by molar-refractivity contribution is -0.907. The Morgan fingerprint density at radius 2 is 2.04 bits per heavy atom. The number of hydrogen-bond donors (Lipinski definition) is 2. The summed E-state index contributed by atoms with van der Waals surface area (Å²) >= 11 is 0. The number of benzene rings is 2. The molecule has 132 valence electrons. The van der Waals surface area contributed by atoms with Crippen LogP contribution in [0.25, 0.3) is 0 Å². The third kappa shape index (κ3) is 4.03. The lowest BCUT2D eigenvalue weighted by atomic mass is 10.1. The minimum absolute atomic E-state index is 0.0424. The normalized spacial score (nSPS) is 14.7. The third-order valence-corrected chi connectivity index (χ3v) is 4.39. The quantitative estimate of drug-likeness (QED) is 0.834. The van der Waals surface area contributed by atoms with E-state index in [-0.39, 0.29) is 18.7 Å². The van der Waals surface area contributed by atoms with Gasteiger partial charge in [0.1, 0.15) is 12.3 Å². The monoisotopic (exact) mass is 343 g/mol. The molecule has 2 aromatic carbocycles. The zero-order valence-electron chi connectivity index (χ0n) is 14.7. The Hall–Kier alpha value is -2.73. The van der Waals surface area contributed by atoms with E-state index in [1.54, 1.807) is 19.2 Å². The number of hydrogen-bond acceptors (Lipinski definition) is 4. The lowest BCUT2D eigenvalue weighted by Crippen LogP contribution is -3.12. The molecule has 3 rings (SSSR count). The maximum Gasteiger partial charge on any atom is 0.282 e. The van der Waals surface area contributed by atoms with Crippen LogP contribution >= 0.6 is 0 Å². The Morgan fingerprint density at radius 3 is 2.84 bits per heavy atom. The molecule has 0 fully saturated rings. The number of rotatable bonds is 6. The van der Waals surface area contributed by atoms with Crippen molar-refractivity contribution >= 4 is 11.6 Å². The van der Waals surface area contributed by atoms with Crippen molar-refractivity contribution in [3.63, 3.8) is 0 Å². The van der Waals surface area contributed by atoms with Gasteiger partial charge in [-0.3, -0.25) is 4.79 Å². The fraction of sp³-hybridized carbons (Fsp3) is 0.316. The molecule has 2 N–H and O–H groups in total. The van der Waals surface area contributed by atoms with E-state index in [4.69, 9.17) is 14.2 Å². The van der Waals surface area contributed by atoms with Crippen molar-refractivity contribution in [1.29, 1.82) is 0 Å². The van der Waals surface area contributed by atoms with Crippen molar-refractivity contribution in [1.82, 2.24) is 0 Å². The van der Waals surface area contributed by atoms with Gasteiger partial charge >= 0.3 is 0 Å². The van der Waals surface area contributed by atoms with Gasteiger partial charge < -0.3 is 24.4 Å². The van der Waals surface area contributed by atoms with Crippen LogP contribution in [0.15, 0.2) is 42.5 Å². The Labute approximate surface area is 147 Å². The molecule has 1 heterocycles. The summed E-state index contributed by atoms with van der Waals surface area (Å²) in [5, 5.41) is 2.94. The van der Waals surface area contributed by atoms with Gasteiger partial charge in [0, 0.05) is 17.3 Å². The lowest BCUT2D eigenvalue weighted by Gasteiger charge is -2.21. The van der Waals surface area contributed by atoms with Crippen LogP contribution in [0.3, 0.4) is 0 Å². The molecule has 0 saturated heterocycles. The summed E-state index contributed by atoms with van der Waals surface area (Å²) in [4.78, 5) is 13.6. The summed E-state index contributed by atoms with van der Waals surface area (Å²) in [6, 6.07) is 13.1. The molecule has 1 unspecified atom stereocenters. The summed E-state index contributed by atoms with van der Waals surface area (Å²) in [5.74, 6) is 2.14. The topological polar surface area (TPSA) is 61.2 Å². The number of likely N-dealkylation sites (N-methyl/N-ethyl adjacent to an activating group) is 1. The smallest absolute Gasteiger partial charge is 0.282 e. The van der Waals surface area contributed by atoms with E-state index in [1.807, 2.05) is 44.3 Å². The second-order valence-corrected chi connectivity index (χ2v) is 6.15. The molecule has 2 atom stereocenters. The Morgan fingerprint density at radius 1 is 1.24 bits per heavy atom. The Kier molecular flexibility index (Phi) is 5.09. The summed E-state index contributed by atoms with van der Waals surface area (Å²) in [5.41, 5.74) is 1.83. The fourth-order valence-corrected chi connectivity index (χ4v) is 2.71. The van der Waals surface area contributed by atoms with E-state index < -0.39 is 0 Å². The minimum atomic E-state index is -0.211. The molecule has 25 heavy (non-hydrogen) atoms. The minimum Gasteiger partial charge on any atom is -0.497 e. The van der Waals surface area contributed by atoms with Gasteiger partial charge in [-0.1, -0.05) is 12.1 Å². The molecule has 0 aromatic heterocycles. The van der Waals surface area contributed by atoms with Gasteiger partial charge in [0.25, 0.3) is 5.91 Å². The highest BCUT2D eigenvalue weighted by molar-refractivity contribution is 5.93. The summed E-state index contributed by atoms with van der Waals surface area (Å²) < 4.78 is 15.9. The summed E-state index contributed by atoms with van der Waals surface area (Å²) in [7, 11) is 3.65. The van der Waals surface area contributed by atoms with Crippen molar-refractivity contribution in [2.24, 2.45) is 0 Å². The van der Waals surface area contributed by atoms with Gasteiger partial charge in [0.15, 0.2) is 17.5 Å². The van der Waals surface area contributed by atoms with Crippen LogP contribution < -0.4 is 24.4 Å². The van der Waals surface area contributed by atoms with Gasteiger partial charge in [0.05, 0.1) is 14.2 Å². The molecular weight excluding hydrogens is 320 g/mol. The van der Waals surface area contributed by atoms with Crippen molar-refractivity contribution < 1.29 is 23.9 Å². The Balaban J connectivity index is 1.61. The Bertz CT molecular complexity index is 763. The summed E-state index contributed by atoms with van der Waals surface area (Å²) in [6.45, 7) is 2.86.